The number of halogens is 3. The molecule has 0 aliphatic rings. The zero-order valence-electron chi connectivity index (χ0n) is 10.5. The summed E-state index contributed by atoms with van der Waals surface area (Å²) in [4.78, 5) is 0. The first-order valence-corrected chi connectivity index (χ1v) is 6.74. The first-order valence-electron chi connectivity index (χ1n) is 5.99. The van der Waals surface area contributed by atoms with E-state index in [1.807, 2.05) is 24.3 Å². The lowest BCUT2D eigenvalue weighted by Gasteiger charge is -2.14. The van der Waals surface area contributed by atoms with Crippen LogP contribution in [0.5, 0.6) is 0 Å². The molecule has 0 heterocycles. The number of nitrogens with one attached hydrogen (secondary N) is 1. The minimum Gasteiger partial charge on any atom is -0.306 e. The maximum atomic E-state index is 13.0. The molecule has 0 saturated carbocycles. The fourth-order valence-corrected chi connectivity index (χ4v) is 2.12. The lowest BCUT2D eigenvalue weighted by Crippen LogP contribution is -2.18. The van der Waals surface area contributed by atoms with E-state index in [0.717, 1.165) is 16.1 Å². The molecule has 1 N–H and O–H groups in total. The van der Waals surface area contributed by atoms with E-state index in [9.17, 15) is 4.39 Å². The van der Waals surface area contributed by atoms with Crippen LogP contribution < -0.4 is 5.32 Å². The molecular formula is C15H14Cl2FN. The summed E-state index contributed by atoms with van der Waals surface area (Å²) in [6.45, 7) is 2.69. The summed E-state index contributed by atoms with van der Waals surface area (Å²) in [5, 5.41) is 4.23. The van der Waals surface area contributed by atoms with Crippen LogP contribution in [0.25, 0.3) is 0 Å². The smallest absolute Gasteiger partial charge is 0.141 e. The highest BCUT2D eigenvalue weighted by molar-refractivity contribution is 6.31. The molecule has 1 nitrogen and oxygen atoms in total. The van der Waals surface area contributed by atoms with Gasteiger partial charge in [0.2, 0.25) is 0 Å². The van der Waals surface area contributed by atoms with Crippen LogP contribution in [0.1, 0.15) is 24.1 Å². The van der Waals surface area contributed by atoms with Crippen molar-refractivity contribution < 1.29 is 4.39 Å². The Balaban J connectivity index is 1.98. The first-order chi connectivity index (χ1) is 9.06. The predicted octanol–water partition coefficient (Wildman–Crippen LogP) is 4.98. The zero-order chi connectivity index (χ0) is 13.8. The van der Waals surface area contributed by atoms with Gasteiger partial charge in [0.05, 0.1) is 5.02 Å². The Bertz CT molecular complexity index is 555. The van der Waals surface area contributed by atoms with Gasteiger partial charge in [0, 0.05) is 17.6 Å². The van der Waals surface area contributed by atoms with Gasteiger partial charge in [-0.3, -0.25) is 0 Å². The maximum absolute atomic E-state index is 13.0. The molecule has 0 amide bonds. The van der Waals surface area contributed by atoms with Gasteiger partial charge in [-0.15, -0.1) is 0 Å². The van der Waals surface area contributed by atoms with Gasteiger partial charge in [0.15, 0.2) is 0 Å². The monoisotopic (exact) mass is 297 g/mol. The van der Waals surface area contributed by atoms with Crippen molar-refractivity contribution >= 4 is 23.2 Å². The van der Waals surface area contributed by atoms with Crippen LogP contribution >= 0.6 is 23.2 Å². The number of hydrogen-bond donors (Lipinski definition) is 1. The van der Waals surface area contributed by atoms with Crippen LogP contribution in [0.3, 0.4) is 0 Å². The standard InChI is InChI=1S/C15H14Cl2FN/c1-10(12-3-5-13(16)6-4-12)19-9-11-2-7-15(18)14(17)8-11/h2-8,10,19H,9H2,1H3/t10-/m1/s1. The van der Waals surface area contributed by atoms with E-state index in [2.05, 4.69) is 12.2 Å². The van der Waals surface area contributed by atoms with Crippen molar-refractivity contribution in [3.05, 3.63) is 69.5 Å². The molecule has 4 heteroatoms. The molecule has 2 aromatic carbocycles. The molecule has 0 fully saturated rings. The van der Waals surface area contributed by atoms with Crippen molar-refractivity contribution in [3.63, 3.8) is 0 Å². The normalized spacial score (nSPS) is 12.4. The third-order valence-corrected chi connectivity index (χ3v) is 3.51. The second-order valence-electron chi connectivity index (χ2n) is 4.40. The SMILES string of the molecule is C[C@@H](NCc1ccc(F)c(Cl)c1)c1ccc(Cl)cc1. The molecule has 0 unspecified atom stereocenters. The first kappa shape index (κ1) is 14.3. The van der Waals surface area contributed by atoms with Gasteiger partial charge in [-0.2, -0.15) is 0 Å². The lowest BCUT2D eigenvalue weighted by atomic mass is 10.1. The molecule has 0 aliphatic heterocycles. The molecule has 0 radical (unpaired) electrons. The molecular weight excluding hydrogens is 284 g/mol. The topological polar surface area (TPSA) is 12.0 Å². The van der Waals surface area contributed by atoms with E-state index in [-0.39, 0.29) is 11.1 Å². The Morgan fingerprint density at radius 2 is 1.79 bits per heavy atom. The van der Waals surface area contributed by atoms with Crippen LogP contribution in [0.4, 0.5) is 4.39 Å². The molecule has 0 aromatic heterocycles. The van der Waals surface area contributed by atoms with Crippen molar-refractivity contribution in [2.24, 2.45) is 0 Å². The summed E-state index contributed by atoms with van der Waals surface area (Å²) in [6, 6.07) is 12.6. The average molecular weight is 298 g/mol. The molecule has 0 spiro atoms. The van der Waals surface area contributed by atoms with Gasteiger partial charge < -0.3 is 5.32 Å². The predicted molar refractivity (Wildman–Crippen MR) is 78.1 cm³/mol. The number of rotatable bonds is 4. The quantitative estimate of drug-likeness (QED) is 0.839. The molecule has 0 saturated heterocycles. The van der Waals surface area contributed by atoms with E-state index in [0.29, 0.717) is 6.54 Å². The van der Waals surface area contributed by atoms with E-state index in [1.165, 1.54) is 6.07 Å². The van der Waals surface area contributed by atoms with Crippen LogP contribution in [-0.4, -0.2) is 0 Å². The summed E-state index contributed by atoms with van der Waals surface area (Å²) in [5.74, 6) is -0.392. The number of benzene rings is 2. The third kappa shape index (κ3) is 3.93. The van der Waals surface area contributed by atoms with Crippen LogP contribution in [0, 0.1) is 5.82 Å². The highest BCUT2D eigenvalue weighted by Gasteiger charge is 2.06. The van der Waals surface area contributed by atoms with Crippen molar-refractivity contribution in [1.29, 1.82) is 0 Å². The maximum Gasteiger partial charge on any atom is 0.141 e. The highest BCUT2D eigenvalue weighted by atomic mass is 35.5. The second-order valence-corrected chi connectivity index (χ2v) is 5.25. The molecule has 0 aliphatic carbocycles. The molecule has 2 aromatic rings. The summed E-state index contributed by atoms with van der Waals surface area (Å²) in [7, 11) is 0. The molecule has 2 rings (SSSR count). The van der Waals surface area contributed by atoms with E-state index >= 15 is 0 Å². The Morgan fingerprint density at radius 1 is 1.11 bits per heavy atom. The zero-order valence-corrected chi connectivity index (χ0v) is 12.0. The van der Waals surface area contributed by atoms with Crippen molar-refractivity contribution in [2.45, 2.75) is 19.5 Å². The van der Waals surface area contributed by atoms with Crippen LogP contribution in [-0.2, 0) is 6.54 Å². The number of hydrogen-bond acceptors (Lipinski definition) is 1. The summed E-state index contributed by atoms with van der Waals surface area (Å²) in [5.41, 5.74) is 2.10. The van der Waals surface area contributed by atoms with Gasteiger partial charge in [-0.25, -0.2) is 4.39 Å². The van der Waals surface area contributed by atoms with Crippen LogP contribution in [0.15, 0.2) is 42.5 Å². The van der Waals surface area contributed by atoms with E-state index in [1.54, 1.807) is 12.1 Å². The fraction of sp³-hybridized carbons (Fsp3) is 0.200. The summed E-state index contributed by atoms with van der Waals surface area (Å²) in [6.07, 6.45) is 0. The molecule has 1 atom stereocenters. The van der Waals surface area contributed by atoms with E-state index < -0.39 is 5.82 Å². The minimum absolute atomic E-state index is 0.151. The third-order valence-electron chi connectivity index (χ3n) is 2.97. The molecule has 19 heavy (non-hydrogen) atoms. The Kier molecular flexibility index (Phi) is 4.81. The van der Waals surface area contributed by atoms with Crippen LogP contribution in [0.2, 0.25) is 10.0 Å². The van der Waals surface area contributed by atoms with E-state index in [4.69, 9.17) is 23.2 Å². The molecule has 100 valence electrons. The van der Waals surface area contributed by atoms with Gasteiger partial charge in [0.1, 0.15) is 5.82 Å². The Labute approximate surface area is 122 Å². The van der Waals surface area contributed by atoms with Gasteiger partial charge in [-0.1, -0.05) is 41.4 Å². The van der Waals surface area contributed by atoms with Gasteiger partial charge in [-0.05, 0) is 42.3 Å². The second kappa shape index (κ2) is 6.38. The fourth-order valence-electron chi connectivity index (χ4n) is 1.79. The largest absolute Gasteiger partial charge is 0.306 e. The summed E-state index contributed by atoms with van der Waals surface area (Å²) < 4.78 is 13.0. The van der Waals surface area contributed by atoms with Crippen molar-refractivity contribution in [1.82, 2.24) is 5.32 Å². The Morgan fingerprint density at radius 3 is 2.42 bits per heavy atom. The highest BCUT2D eigenvalue weighted by Crippen LogP contribution is 2.18. The van der Waals surface area contributed by atoms with Gasteiger partial charge >= 0.3 is 0 Å². The van der Waals surface area contributed by atoms with Gasteiger partial charge in [0.25, 0.3) is 0 Å². The van der Waals surface area contributed by atoms with Crippen molar-refractivity contribution in [2.75, 3.05) is 0 Å². The minimum atomic E-state index is -0.392. The lowest BCUT2D eigenvalue weighted by molar-refractivity contribution is 0.573. The van der Waals surface area contributed by atoms with Crippen molar-refractivity contribution in [3.8, 4) is 0 Å². The average Bonchev–Trinajstić information content (AvgIpc) is 2.40. The summed E-state index contributed by atoms with van der Waals surface area (Å²) >= 11 is 11.6. The molecule has 0 bridgehead atoms. The Hall–Kier alpha value is -1.09.